The first-order valence-corrected chi connectivity index (χ1v) is 10.2. The highest BCUT2D eigenvalue weighted by Crippen LogP contribution is 2.25. The van der Waals surface area contributed by atoms with Gasteiger partial charge in [0.25, 0.3) is 5.91 Å². The van der Waals surface area contributed by atoms with E-state index in [2.05, 4.69) is 22.7 Å². The molecule has 0 bridgehead atoms. The maximum atomic E-state index is 12.7. The molecule has 4 rings (SSSR count). The van der Waals surface area contributed by atoms with Crippen LogP contribution < -0.4 is 10.3 Å². The molecule has 1 fully saturated rings. The molecule has 1 aliphatic rings. The predicted molar refractivity (Wildman–Crippen MR) is 117 cm³/mol. The Hall–Kier alpha value is -3.22. The molecule has 0 aromatic heterocycles. The van der Waals surface area contributed by atoms with Crippen molar-refractivity contribution in [2.75, 3.05) is 26.3 Å². The lowest BCUT2D eigenvalue weighted by atomic mass is 10.0. The lowest BCUT2D eigenvalue weighted by molar-refractivity contribution is -0.928. The number of ether oxygens (including phenoxy) is 1. The highest BCUT2D eigenvalue weighted by molar-refractivity contribution is 6.02. The summed E-state index contributed by atoms with van der Waals surface area (Å²) in [5, 5.41) is 16.5. The second kappa shape index (κ2) is 9.07. The number of rotatable bonds is 5. The van der Waals surface area contributed by atoms with Crippen molar-refractivity contribution >= 4 is 22.4 Å². The minimum atomic E-state index is -0.429. The lowest BCUT2D eigenvalue weighted by Crippen LogP contribution is -3.15. The molecule has 6 heteroatoms. The van der Waals surface area contributed by atoms with E-state index in [9.17, 15) is 9.90 Å². The fourth-order valence-corrected chi connectivity index (χ4v) is 4.01. The third-order valence-electron chi connectivity index (χ3n) is 5.54. The second-order valence-electron chi connectivity index (χ2n) is 7.52. The fraction of sp³-hybridized carbons (Fsp3) is 0.250. The van der Waals surface area contributed by atoms with E-state index in [0.717, 1.165) is 35.1 Å². The van der Waals surface area contributed by atoms with Gasteiger partial charge in [0.15, 0.2) is 6.04 Å². The molecular formula is C24H26N3O3+. The van der Waals surface area contributed by atoms with E-state index in [1.54, 1.807) is 12.1 Å². The number of nitrogens with one attached hydrogen (secondary N) is 2. The van der Waals surface area contributed by atoms with Crippen LogP contribution in [0.15, 0.2) is 71.8 Å². The maximum Gasteiger partial charge on any atom is 0.275 e. The predicted octanol–water partition coefficient (Wildman–Crippen LogP) is 2.31. The van der Waals surface area contributed by atoms with E-state index in [1.807, 2.05) is 49.4 Å². The third kappa shape index (κ3) is 4.35. The molecule has 30 heavy (non-hydrogen) atoms. The summed E-state index contributed by atoms with van der Waals surface area (Å²) in [6, 6.07) is 21.1. The van der Waals surface area contributed by atoms with Crippen LogP contribution in [0.1, 0.15) is 28.9 Å². The molecule has 0 radical (unpaired) electrons. The second-order valence-corrected chi connectivity index (χ2v) is 7.52. The Bertz CT molecular complexity index is 1060. The molecule has 0 spiro atoms. The van der Waals surface area contributed by atoms with Crippen molar-refractivity contribution in [3.63, 3.8) is 0 Å². The molecule has 154 valence electrons. The minimum Gasteiger partial charge on any atom is -0.507 e. The molecule has 0 aliphatic carbocycles. The molecule has 3 aromatic rings. The normalized spacial score (nSPS) is 16.4. The highest BCUT2D eigenvalue weighted by atomic mass is 16.5. The first-order chi connectivity index (χ1) is 14.6. The minimum absolute atomic E-state index is 0.0283. The van der Waals surface area contributed by atoms with Crippen LogP contribution in [0.5, 0.6) is 5.75 Å². The van der Waals surface area contributed by atoms with Gasteiger partial charge < -0.3 is 14.7 Å². The Morgan fingerprint density at radius 1 is 1.03 bits per heavy atom. The number of quaternary nitrogens is 1. The van der Waals surface area contributed by atoms with E-state index >= 15 is 0 Å². The number of hydrogen-bond acceptors (Lipinski definition) is 4. The number of aromatic hydroxyl groups is 1. The van der Waals surface area contributed by atoms with Gasteiger partial charge in [-0.1, -0.05) is 54.6 Å². The van der Waals surface area contributed by atoms with Crippen LogP contribution in [0.4, 0.5) is 0 Å². The zero-order valence-electron chi connectivity index (χ0n) is 17.0. The summed E-state index contributed by atoms with van der Waals surface area (Å²) in [5.41, 5.74) is 4.81. The summed E-state index contributed by atoms with van der Waals surface area (Å²) in [7, 11) is 0. The molecule has 3 N–H and O–H groups in total. The van der Waals surface area contributed by atoms with Crippen LogP contribution in [-0.4, -0.2) is 43.0 Å². The van der Waals surface area contributed by atoms with Gasteiger partial charge in [-0.05, 0) is 29.8 Å². The van der Waals surface area contributed by atoms with Crippen LogP contribution in [0.2, 0.25) is 0 Å². The number of nitrogens with zero attached hydrogens (tertiary/aromatic N) is 1. The average Bonchev–Trinajstić information content (AvgIpc) is 2.78. The number of hydrazone groups is 1. The Morgan fingerprint density at radius 3 is 2.37 bits per heavy atom. The van der Waals surface area contributed by atoms with Crippen molar-refractivity contribution < 1.29 is 19.5 Å². The number of morpholine rings is 1. The van der Waals surface area contributed by atoms with Crippen molar-refractivity contribution in [1.82, 2.24) is 5.43 Å². The number of hydrogen-bond donors (Lipinski definition) is 3. The SMILES string of the molecule is C/C(=N/NC(=O)c1cc2ccccc2cc1O)[C@@H](c1ccccc1)[NH+]1CCOCC1. The van der Waals surface area contributed by atoms with Crippen LogP contribution in [-0.2, 0) is 4.74 Å². The number of amides is 1. The summed E-state index contributed by atoms with van der Waals surface area (Å²) >= 11 is 0. The summed E-state index contributed by atoms with van der Waals surface area (Å²) in [6.07, 6.45) is 0. The Kier molecular flexibility index (Phi) is 6.07. The molecule has 0 unspecified atom stereocenters. The number of fused-ring (bicyclic) bond motifs is 1. The molecule has 6 nitrogen and oxygen atoms in total. The number of benzene rings is 3. The average molecular weight is 404 g/mol. The third-order valence-corrected chi connectivity index (χ3v) is 5.54. The quantitative estimate of drug-likeness (QED) is 0.451. The van der Waals surface area contributed by atoms with Gasteiger partial charge in [0.2, 0.25) is 0 Å². The van der Waals surface area contributed by atoms with E-state index in [0.29, 0.717) is 13.2 Å². The van der Waals surface area contributed by atoms with Gasteiger partial charge >= 0.3 is 0 Å². The van der Waals surface area contributed by atoms with Crippen molar-refractivity contribution in [1.29, 1.82) is 0 Å². The van der Waals surface area contributed by atoms with Gasteiger partial charge in [-0.2, -0.15) is 5.10 Å². The topological polar surface area (TPSA) is 75.4 Å². The molecular weight excluding hydrogens is 378 g/mol. The number of phenols is 1. The number of carbonyl (C=O) groups is 1. The van der Waals surface area contributed by atoms with Crippen LogP contribution >= 0.6 is 0 Å². The Balaban J connectivity index is 1.58. The van der Waals surface area contributed by atoms with E-state index in [1.165, 1.54) is 4.90 Å². The zero-order valence-corrected chi connectivity index (χ0v) is 17.0. The standard InChI is InChI=1S/C24H25N3O3/c1-17(23(18-7-3-2-4-8-18)27-11-13-30-14-12-27)25-26-24(29)21-15-19-9-5-6-10-20(19)16-22(21)28/h2-10,15-16,23,28H,11-14H2,1H3,(H,26,29)/p+1/b25-17-/t23-/m0/s1. The smallest absolute Gasteiger partial charge is 0.275 e. The van der Waals surface area contributed by atoms with Crippen molar-refractivity contribution in [3.8, 4) is 5.75 Å². The summed E-state index contributed by atoms with van der Waals surface area (Å²) in [6.45, 7) is 5.12. The van der Waals surface area contributed by atoms with Crippen LogP contribution in [0, 0.1) is 0 Å². The largest absolute Gasteiger partial charge is 0.507 e. The Morgan fingerprint density at radius 2 is 1.67 bits per heavy atom. The lowest BCUT2D eigenvalue weighted by Gasteiger charge is -2.31. The molecule has 1 saturated heterocycles. The Labute approximate surface area is 175 Å². The molecule has 1 heterocycles. The zero-order chi connectivity index (χ0) is 20.9. The van der Waals surface area contributed by atoms with E-state index < -0.39 is 5.91 Å². The fourth-order valence-electron chi connectivity index (χ4n) is 4.01. The molecule has 1 atom stereocenters. The first-order valence-electron chi connectivity index (χ1n) is 10.2. The monoisotopic (exact) mass is 404 g/mol. The number of phenolic OH excluding ortho intramolecular Hbond substituents is 1. The van der Waals surface area contributed by atoms with Gasteiger partial charge in [0, 0.05) is 5.56 Å². The van der Waals surface area contributed by atoms with Gasteiger partial charge in [-0.3, -0.25) is 4.79 Å². The van der Waals surface area contributed by atoms with Crippen molar-refractivity contribution in [2.45, 2.75) is 13.0 Å². The van der Waals surface area contributed by atoms with Gasteiger partial charge in [0.05, 0.1) is 24.5 Å². The molecule has 0 saturated carbocycles. The highest BCUT2D eigenvalue weighted by Gasteiger charge is 2.29. The van der Waals surface area contributed by atoms with Crippen LogP contribution in [0.25, 0.3) is 10.8 Å². The summed E-state index contributed by atoms with van der Waals surface area (Å²) in [5.74, 6) is -0.487. The van der Waals surface area contributed by atoms with Gasteiger partial charge in [-0.15, -0.1) is 0 Å². The van der Waals surface area contributed by atoms with Gasteiger partial charge in [0.1, 0.15) is 18.8 Å². The van der Waals surface area contributed by atoms with E-state index in [4.69, 9.17) is 4.74 Å². The number of carbonyl (C=O) groups excluding carboxylic acids is 1. The maximum absolute atomic E-state index is 12.7. The van der Waals surface area contributed by atoms with Crippen LogP contribution in [0.3, 0.4) is 0 Å². The summed E-state index contributed by atoms with van der Waals surface area (Å²) < 4.78 is 5.51. The van der Waals surface area contributed by atoms with Gasteiger partial charge in [-0.25, -0.2) is 5.43 Å². The van der Waals surface area contributed by atoms with E-state index in [-0.39, 0.29) is 17.4 Å². The van der Waals surface area contributed by atoms with Crippen molar-refractivity contribution in [3.05, 3.63) is 77.9 Å². The van der Waals surface area contributed by atoms with Crippen molar-refractivity contribution in [2.24, 2.45) is 5.10 Å². The summed E-state index contributed by atoms with van der Waals surface area (Å²) in [4.78, 5) is 14.1. The molecule has 1 amide bonds. The first kappa shape index (κ1) is 20.1. The molecule has 1 aliphatic heterocycles. The molecule has 3 aromatic carbocycles.